The van der Waals surface area contributed by atoms with Crippen LogP contribution in [0.2, 0.25) is 5.02 Å². The Labute approximate surface area is 243 Å². The monoisotopic (exact) mass is 564 g/mol. The second-order valence-corrected chi connectivity index (χ2v) is 11.0. The van der Waals surface area contributed by atoms with Gasteiger partial charge in [0.2, 0.25) is 5.91 Å². The lowest BCUT2D eigenvalue weighted by Crippen LogP contribution is -2.50. The van der Waals surface area contributed by atoms with Crippen LogP contribution in [-0.4, -0.2) is 52.0 Å². The minimum atomic E-state index is -0.290. The van der Waals surface area contributed by atoms with E-state index in [-0.39, 0.29) is 30.6 Å². The molecule has 1 unspecified atom stereocenters. The number of carbonyl (C=O) groups is 2. The fourth-order valence-electron chi connectivity index (χ4n) is 5.33. The fraction of sp³-hybridized carbons (Fsp3) is 0.438. The molecule has 0 bridgehead atoms. The number of methoxy groups -OCH3 is 1. The molecule has 8 heteroatoms. The minimum Gasteiger partial charge on any atom is -0.497 e. The van der Waals surface area contributed by atoms with E-state index in [1.165, 1.54) is 6.42 Å². The first-order valence-electron chi connectivity index (χ1n) is 14.3. The Morgan fingerprint density at radius 1 is 1.07 bits per heavy atom. The number of carbonyl (C=O) groups excluding carboxylic acids is 2. The summed E-state index contributed by atoms with van der Waals surface area (Å²) in [5.74, 6) is 0.630. The van der Waals surface area contributed by atoms with Crippen LogP contribution in [0.4, 0.5) is 10.5 Å². The van der Waals surface area contributed by atoms with E-state index >= 15 is 0 Å². The van der Waals surface area contributed by atoms with Gasteiger partial charge < -0.3 is 24.4 Å². The number of halogens is 1. The normalized spacial score (nSPS) is 14.4. The lowest BCUT2D eigenvalue weighted by atomic mass is 9.94. The first kappa shape index (κ1) is 29.5. The van der Waals surface area contributed by atoms with Gasteiger partial charge >= 0.3 is 6.03 Å². The fourth-order valence-corrected chi connectivity index (χ4v) is 5.52. The summed E-state index contributed by atoms with van der Waals surface area (Å²) in [5, 5.41) is 3.69. The van der Waals surface area contributed by atoms with Crippen LogP contribution >= 0.6 is 11.6 Å². The van der Waals surface area contributed by atoms with Crippen molar-refractivity contribution in [3.05, 3.63) is 83.1 Å². The summed E-state index contributed by atoms with van der Waals surface area (Å²) in [6.45, 7) is 5.16. The summed E-state index contributed by atoms with van der Waals surface area (Å²) in [6.07, 6.45) is 8.16. The molecule has 0 saturated heterocycles. The van der Waals surface area contributed by atoms with Gasteiger partial charge in [-0.2, -0.15) is 0 Å². The van der Waals surface area contributed by atoms with E-state index in [0.717, 1.165) is 48.4 Å². The van der Waals surface area contributed by atoms with Gasteiger partial charge in [0, 0.05) is 47.3 Å². The number of benzene rings is 2. The second-order valence-electron chi connectivity index (χ2n) is 10.6. The van der Waals surface area contributed by atoms with Crippen LogP contribution in [0.1, 0.15) is 63.6 Å². The van der Waals surface area contributed by atoms with Crippen molar-refractivity contribution in [1.29, 1.82) is 0 Å². The van der Waals surface area contributed by atoms with Crippen LogP contribution in [0.25, 0.3) is 0 Å². The van der Waals surface area contributed by atoms with Crippen molar-refractivity contribution >= 4 is 29.2 Å². The Balaban J connectivity index is 1.54. The van der Waals surface area contributed by atoms with Crippen molar-refractivity contribution < 1.29 is 14.3 Å². The molecule has 1 aromatic heterocycles. The lowest BCUT2D eigenvalue weighted by Gasteiger charge is -2.37. The summed E-state index contributed by atoms with van der Waals surface area (Å²) in [6, 6.07) is 18.9. The first-order valence-corrected chi connectivity index (χ1v) is 14.7. The van der Waals surface area contributed by atoms with Gasteiger partial charge in [0.15, 0.2) is 0 Å². The van der Waals surface area contributed by atoms with E-state index in [2.05, 4.69) is 16.0 Å². The SMILES string of the molecule is CCC(C)N(CC(=O)N(Cc1cccn1Cc1ccccc1Cl)C1CCCCC1)C(=O)Nc1cccc(OC)c1. The molecular formula is C32H41ClN4O3. The summed E-state index contributed by atoms with van der Waals surface area (Å²) in [4.78, 5) is 31.1. The van der Waals surface area contributed by atoms with Crippen LogP contribution in [0.15, 0.2) is 66.9 Å². The molecule has 3 amide bonds. The average molecular weight is 565 g/mol. The van der Waals surface area contributed by atoms with Crippen molar-refractivity contribution in [3.8, 4) is 5.75 Å². The van der Waals surface area contributed by atoms with Gasteiger partial charge in [-0.25, -0.2) is 4.79 Å². The van der Waals surface area contributed by atoms with Crippen molar-refractivity contribution in [2.75, 3.05) is 19.0 Å². The number of amides is 3. The van der Waals surface area contributed by atoms with Gasteiger partial charge in [0.05, 0.1) is 13.7 Å². The average Bonchev–Trinajstić information content (AvgIpc) is 3.42. The van der Waals surface area contributed by atoms with Gasteiger partial charge in [-0.3, -0.25) is 4.79 Å². The highest BCUT2D eigenvalue weighted by Crippen LogP contribution is 2.26. The van der Waals surface area contributed by atoms with E-state index in [1.807, 2.05) is 73.5 Å². The molecule has 0 aliphatic heterocycles. The summed E-state index contributed by atoms with van der Waals surface area (Å²) in [7, 11) is 1.59. The van der Waals surface area contributed by atoms with Crippen molar-refractivity contribution in [2.45, 2.75) is 77.5 Å². The van der Waals surface area contributed by atoms with Gasteiger partial charge in [0.1, 0.15) is 12.3 Å². The number of nitrogens with zero attached hydrogens (tertiary/aromatic N) is 3. The molecule has 3 aromatic rings. The molecule has 40 heavy (non-hydrogen) atoms. The zero-order valence-electron chi connectivity index (χ0n) is 23.8. The Hall–Kier alpha value is -3.45. The number of ether oxygens (including phenoxy) is 1. The van der Waals surface area contributed by atoms with Gasteiger partial charge in [-0.1, -0.05) is 62.1 Å². The summed E-state index contributed by atoms with van der Waals surface area (Å²) < 4.78 is 7.46. The quantitative estimate of drug-likeness (QED) is 0.268. The summed E-state index contributed by atoms with van der Waals surface area (Å²) in [5.41, 5.74) is 2.72. The van der Waals surface area contributed by atoms with E-state index in [4.69, 9.17) is 16.3 Å². The second kappa shape index (κ2) is 14.3. The van der Waals surface area contributed by atoms with Crippen LogP contribution < -0.4 is 10.1 Å². The Morgan fingerprint density at radius 3 is 2.58 bits per heavy atom. The standard InChI is InChI=1S/C32H41ClN4O3/c1-4-24(2)36(32(39)34-26-13-10-17-29(20-26)40-3)23-31(38)37(27-14-6-5-7-15-27)22-28-16-11-19-35(28)21-25-12-8-9-18-30(25)33/h8-13,16-20,24,27H,4-7,14-15,21-23H2,1-3H3,(H,34,39). The van der Waals surface area contributed by atoms with Crippen LogP contribution in [0.3, 0.4) is 0 Å². The Morgan fingerprint density at radius 2 is 1.85 bits per heavy atom. The largest absolute Gasteiger partial charge is 0.497 e. The molecule has 4 rings (SSSR count). The molecule has 1 N–H and O–H groups in total. The van der Waals surface area contributed by atoms with Crippen molar-refractivity contribution in [2.24, 2.45) is 0 Å². The molecule has 1 saturated carbocycles. The number of urea groups is 1. The third-order valence-electron chi connectivity index (χ3n) is 7.90. The van der Waals surface area contributed by atoms with E-state index < -0.39 is 0 Å². The number of hydrogen-bond acceptors (Lipinski definition) is 3. The minimum absolute atomic E-state index is 0.0204. The predicted molar refractivity (Wildman–Crippen MR) is 161 cm³/mol. The third-order valence-corrected chi connectivity index (χ3v) is 8.27. The Kier molecular flexibility index (Phi) is 10.5. The zero-order chi connectivity index (χ0) is 28.5. The smallest absolute Gasteiger partial charge is 0.322 e. The van der Waals surface area contributed by atoms with E-state index in [9.17, 15) is 9.59 Å². The number of rotatable bonds is 11. The number of hydrogen-bond donors (Lipinski definition) is 1. The van der Waals surface area contributed by atoms with Crippen molar-refractivity contribution in [3.63, 3.8) is 0 Å². The van der Waals surface area contributed by atoms with E-state index in [0.29, 0.717) is 24.5 Å². The molecule has 2 aromatic carbocycles. The first-order chi connectivity index (χ1) is 19.4. The van der Waals surface area contributed by atoms with Gasteiger partial charge in [0.25, 0.3) is 0 Å². The molecule has 1 atom stereocenters. The highest BCUT2D eigenvalue weighted by molar-refractivity contribution is 6.31. The molecule has 1 fully saturated rings. The Bertz CT molecular complexity index is 1270. The molecule has 1 aliphatic rings. The van der Waals surface area contributed by atoms with Crippen LogP contribution in [0.5, 0.6) is 5.75 Å². The zero-order valence-corrected chi connectivity index (χ0v) is 24.6. The van der Waals surface area contributed by atoms with E-state index in [1.54, 1.807) is 18.1 Å². The maximum Gasteiger partial charge on any atom is 0.322 e. The van der Waals surface area contributed by atoms with Crippen LogP contribution in [-0.2, 0) is 17.9 Å². The number of aromatic nitrogens is 1. The molecular weight excluding hydrogens is 524 g/mol. The molecule has 1 heterocycles. The summed E-state index contributed by atoms with van der Waals surface area (Å²) >= 11 is 6.45. The number of nitrogens with one attached hydrogen (secondary N) is 1. The maximum absolute atomic E-state index is 14.0. The van der Waals surface area contributed by atoms with Gasteiger partial charge in [-0.15, -0.1) is 0 Å². The topological polar surface area (TPSA) is 66.8 Å². The van der Waals surface area contributed by atoms with Crippen LogP contribution in [0, 0.1) is 0 Å². The molecule has 7 nitrogen and oxygen atoms in total. The predicted octanol–water partition coefficient (Wildman–Crippen LogP) is 7.19. The number of anilines is 1. The molecule has 1 aliphatic carbocycles. The highest BCUT2D eigenvalue weighted by Gasteiger charge is 2.30. The lowest BCUT2D eigenvalue weighted by molar-refractivity contribution is -0.136. The highest BCUT2D eigenvalue weighted by atomic mass is 35.5. The van der Waals surface area contributed by atoms with Crippen molar-refractivity contribution in [1.82, 2.24) is 14.4 Å². The van der Waals surface area contributed by atoms with Gasteiger partial charge in [-0.05, 0) is 62.1 Å². The molecule has 214 valence electrons. The third kappa shape index (κ3) is 7.60. The maximum atomic E-state index is 14.0. The molecule has 0 spiro atoms. The molecule has 0 radical (unpaired) electrons.